The Morgan fingerprint density at radius 2 is 2.18 bits per heavy atom. The molecule has 0 aromatic rings. The van der Waals surface area contributed by atoms with E-state index in [0.29, 0.717) is 12.3 Å². The van der Waals surface area contributed by atoms with Crippen LogP contribution in [0.15, 0.2) is 0 Å². The van der Waals surface area contributed by atoms with Gasteiger partial charge >= 0.3 is 0 Å². The summed E-state index contributed by atoms with van der Waals surface area (Å²) in [6.07, 6.45) is 6.80. The topological polar surface area (TPSA) is 40.5 Å². The van der Waals surface area contributed by atoms with Crippen LogP contribution in [0, 0.1) is 17.8 Å². The fraction of sp³-hybridized carbons (Fsp3) is 0.929. The summed E-state index contributed by atoms with van der Waals surface area (Å²) in [6, 6.07) is 0.158. The van der Waals surface area contributed by atoms with Gasteiger partial charge in [0.2, 0.25) is 5.91 Å². The van der Waals surface area contributed by atoms with Crippen molar-refractivity contribution in [3.63, 3.8) is 0 Å². The zero-order valence-electron chi connectivity index (χ0n) is 11.1. The van der Waals surface area contributed by atoms with E-state index in [4.69, 9.17) is 5.11 Å². The second kappa shape index (κ2) is 5.38. The third-order valence-electron chi connectivity index (χ3n) is 4.92. The maximum Gasteiger partial charge on any atom is 0.222 e. The summed E-state index contributed by atoms with van der Waals surface area (Å²) >= 11 is 0. The Bertz CT molecular complexity index is 279. The summed E-state index contributed by atoms with van der Waals surface area (Å²) in [7, 11) is 1.87. The van der Waals surface area contributed by atoms with Gasteiger partial charge in [-0.25, -0.2) is 0 Å². The molecule has 0 saturated heterocycles. The van der Waals surface area contributed by atoms with E-state index in [-0.39, 0.29) is 18.6 Å². The molecule has 3 heteroatoms. The molecular weight excluding hydrogens is 214 g/mol. The van der Waals surface area contributed by atoms with Gasteiger partial charge in [-0.3, -0.25) is 4.79 Å². The number of hydrogen-bond donors (Lipinski definition) is 1. The highest BCUT2D eigenvalue weighted by Gasteiger charge is 2.40. The van der Waals surface area contributed by atoms with E-state index in [1.165, 1.54) is 25.7 Å². The van der Waals surface area contributed by atoms with Crippen LogP contribution in [0.4, 0.5) is 0 Å². The summed E-state index contributed by atoms with van der Waals surface area (Å²) in [4.78, 5) is 14.0. The van der Waals surface area contributed by atoms with Crippen molar-refractivity contribution in [2.75, 3.05) is 13.7 Å². The molecule has 0 aliphatic heterocycles. The van der Waals surface area contributed by atoms with Crippen molar-refractivity contribution in [2.24, 2.45) is 17.8 Å². The van der Waals surface area contributed by atoms with Crippen molar-refractivity contribution in [3.05, 3.63) is 0 Å². The van der Waals surface area contributed by atoms with Crippen molar-refractivity contribution in [2.45, 2.75) is 51.5 Å². The number of fused-ring (bicyclic) bond motifs is 2. The highest BCUT2D eigenvalue weighted by atomic mass is 16.3. The zero-order chi connectivity index (χ0) is 12.4. The molecule has 0 aromatic carbocycles. The summed E-state index contributed by atoms with van der Waals surface area (Å²) in [6.45, 7) is 2.17. The van der Waals surface area contributed by atoms with Gasteiger partial charge in [0.15, 0.2) is 0 Å². The lowest BCUT2D eigenvalue weighted by Crippen LogP contribution is -2.37. The fourth-order valence-electron chi connectivity index (χ4n) is 3.62. The second-order valence-electron chi connectivity index (χ2n) is 6.01. The van der Waals surface area contributed by atoms with Crippen LogP contribution in [0.1, 0.15) is 45.4 Å². The molecule has 4 atom stereocenters. The molecule has 2 rings (SSSR count). The molecule has 2 bridgehead atoms. The average Bonchev–Trinajstić information content (AvgIpc) is 2.90. The number of carbonyl (C=O) groups excluding carboxylic acids is 1. The fourth-order valence-corrected chi connectivity index (χ4v) is 3.62. The van der Waals surface area contributed by atoms with Crippen molar-refractivity contribution in [1.29, 1.82) is 0 Å². The van der Waals surface area contributed by atoms with Crippen LogP contribution in [0.25, 0.3) is 0 Å². The standard InChI is InChI=1S/C14H25NO2/c1-10(5-6-16)15(2)14(17)9-13-8-11-3-4-12(13)7-11/h10-13,16H,3-9H2,1-2H3. The Hall–Kier alpha value is -0.570. The van der Waals surface area contributed by atoms with Gasteiger partial charge in [0.25, 0.3) is 0 Å². The number of aliphatic hydroxyl groups is 1. The minimum Gasteiger partial charge on any atom is -0.396 e. The van der Waals surface area contributed by atoms with Gasteiger partial charge < -0.3 is 10.0 Å². The average molecular weight is 239 g/mol. The molecule has 98 valence electrons. The zero-order valence-corrected chi connectivity index (χ0v) is 11.1. The second-order valence-corrected chi connectivity index (χ2v) is 6.01. The minimum absolute atomic E-state index is 0.158. The van der Waals surface area contributed by atoms with Crippen LogP contribution in [0.3, 0.4) is 0 Å². The molecule has 0 spiro atoms. The Labute approximate surface area is 104 Å². The lowest BCUT2D eigenvalue weighted by molar-refractivity contribution is -0.133. The van der Waals surface area contributed by atoms with Crippen LogP contribution in [0.2, 0.25) is 0 Å². The molecule has 0 heterocycles. The number of carbonyl (C=O) groups is 1. The molecule has 1 amide bonds. The smallest absolute Gasteiger partial charge is 0.222 e. The van der Waals surface area contributed by atoms with Crippen molar-refractivity contribution in [3.8, 4) is 0 Å². The quantitative estimate of drug-likeness (QED) is 0.797. The van der Waals surface area contributed by atoms with Gasteiger partial charge in [-0.2, -0.15) is 0 Å². The highest BCUT2D eigenvalue weighted by molar-refractivity contribution is 5.76. The molecule has 4 unspecified atom stereocenters. The molecule has 2 saturated carbocycles. The molecule has 0 aromatic heterocycles. The highest BCUT2D eigenvalue weighted by Crippen LogP contribution is 2.49. The lowest BCUT2D eigenvalue weighted by atomic mass is 9.86. The van der Waals surface area contributed by atoms with Crippen LogP contribution in [-0.4, -0.2) is 35.6 Å². The largest absolute Gasteiger partial charge is 0.396 e. The van der Waals surface area contributed by atoms with Crippen LogP contribution < -0.4 is 0 Å². The summed E-state index contributed by atoms with van der Waals surface area (Å²) < 4.78 is 0. The Kier molecular flexibility index (Phi) is 4.08. The lowest BCUT2D eigenvalue weighted by Gasteiger charge is -2.28. The van der Waals surface area contributed by atoms with Crippen molar-refractivity contribution < 1.29 is 9.90 Å². The van der Waals surface area contributed by atoms with Gasteiger partial charge in [-0.15, -0.1) is 0 Å². The van der Waals surface area contributed by atoms with Gasteiger partial charge in [0, 0.05) is 26.1 Å². The van der Waals surface area contributed by atoms with Gasteiger partial charge in [-0.05, 0) is 50.4 Å². The number of amides is 1. The monoisotopic (exact) mass is 239 g/mol. The van der Waals surface area contributed by atoms with Crippen LogP contribution >= 0.6 is 0 Å². The van der Waals surface area contributed by atoms with Gasteiger partial charge in [-0.1, -0.05) is 6.42 Å². The third kappa shape index (κ3) is 2.82. The first-order chi connectivity index (χ1) is 8.11. The maximum atomic E-state index is 12.1. The SMILES string of the molecule is CC(CCO)N(C)C(=O)CC1CC2CCC1C2. The minimum atomic E-state index is 0.158. The molecule has 2 aliphatic carbocycles. The molecule has 1 N–H and O–H groups in total. The molecule has 3 nitrogen and oxygen atoms in total. The molecular formula is C14H25NO2. The number of aliphatic hydroxyl groups excluding tert-OH is 1. The summed E-state index contributed by atoms with van der Waals surface area (Å²) in [5.74, 6) is 2.65. The Morgan fingerprint density at radius 1 is 1.41 bits per heavy atom. The van der Waals surface area contributed by atoms with E-state index in [1.807, 2.05) is 18.9 Å². The predicted molar refractivity (Wildman–Crippen MR) is 67.5 cm³/mol. The molecule has 2 fully saturated rings. The number of hydrogen-bond acceptors (Lipinski definition) is 2. The number of rotatable bonds is 5. The van der Waals surface area contributed by atoms with Crippen LogP contribution in [-0.2, 0) is 4.79 Å². The van der Waals surface area contributed by atoms with Crippen molar-refractivity contribution in [1.82, 2.24) is 4.90 Å². The van der Waals surface area contributed by atoms with E-state index >= 15 is 0 Å². The van der Waals surface area contributed by atoms with E-state index in [0.717, 1.165) is 18.3 Å². The van der Waals surface area contributed by atoms with Gasteiger partial charge in [0.1, 0.15) is 0 Å². The number of nitrogens with zero attached hydrogens (tertiary/aromatic N) is 1. The molecule has 0 radical (unpaired) electrons. The Balaban J connectivity index is 1.80. The molecule has 2 aliphatic rings. The van der Waals surface area contributed by atoms with Crippen molar-refractivity contribution >= 4 is 5.91 Å². The first-order valence-corrected chi connectivity index (χ1v) is 6.98. The summed E-state index contributed by atoms with van der Waals surface area (Å²) in [5, 5.41) is 8.90. The Morgan fingerprint density at radius 3 is 2.71 bits per heavy atom. The van der Waals surface area contributed by atoms with E-state index in [1.54, 1.807) is 0 Å². The third-order valence-corrected chi connectivity index (χ3v) is 4.92. The van der Waals surface area contributed by atoms with Crippen LogP contribution in [0.5, 0.6) is 0 Å². The summed E-state index contributed by atoms with van der Waals surface area (Å²) in [5.41, 5.74) is 0. The van der Waals surface area contributed by atoms with E-state index < -0.39 is 0 Å². The van der Waals surface area contributed by atoms with E-state index in [2.05, 4.69) is 0 Å². The maximum absolute atomic E-state index is 12.1. The normalized spacial score (nSPS) is 32.8. The first kappa shape index (κ1) is 12.9. The first-order valence-electron chi connectivity index (χ1n) is 6.98. The van der Waals surface area contributed by atoms with E-state index in [9.17, 15) is 4.79 Å². The van der Waals surface area contributed by atoms with Gasteiger partial charge in [0.05, 0.1) is 0 Å². The molecule has 17 heavy (non-hydrogen) atoms. The predicted octanol–water partition coefficient (Wildman–Crippen LogP) is 2.04.